The van der Waals surface area contributed by atoms with E-state index in [0.29, 0.717) is 37.5 Å². The van der Waals surface area contributed by atoms with Crippen molar-refractivity contribution in [2.45, 2.75) is 13.0 Å². The monoisotopic (exact) mass is 355 g/mol. The first-order chi connectivity index (χ1) is 12.6. The summed E-state index contributed by atoms with van der Waals surface area (Å²) in [5.41, 5.74) is 0.578. The summed E-state index contributed by atoms with van der Waals surface area (Å²) in [6.07, 6.45) is 1.76. The van der Waals surface area contributed by atoms with Crippen LogP contribution in [0.4, 0.5) is 0 Å². The molecule has 1 aliphatic rings. The Balaban J connectivity index is 1.38. The third-order valence-corrected chi connectivity index (χ3v) is 4.26. The number of nitrogens with one attached hydrogen (secondary N) is 2. The first-order valence-electron chi connectivity index (χ1n) is 8.54. The summed E-state index contributed by atoms with van der Waals surface area (Å²) >= 11 is 0. The van der Waals surface area contributed by atoms with Gasteiger partial charge < -0.3 is 20.0 Å². The number of furan rings is 1. The Bertz CT molecular complexity index is 758. The van der Waals surface area contributed by atoms with E-state index in [9.17, 15) is 14.4 Å². The van der Waals surface area contributed by atoms with Crippen molar-refractivity contribution in [3.8, 4) is 0 Å². The summed E-state index contributed by atoms with van der Waals surface area (Å²) in [6.45, 7) is 1.40. The highest BCUT2D eigenvalue weighted by atomic mass is 16.3. The third-order valence-electron chi connectivity index (χ3n) is 4.26. The molecule has 26 heavy (non-hydrogen) atoms. The van der Waals surface area contributed by atoms with Gasteiger partial charge in [-0.3, -0.25) is 14.4 Å². The molecular weight excluding hydrogens is 334 g/mol. The van der Waals surface area contributed by atoms with Gasteiger partial charge in [0, 0.05) is 31.6 Å². The molecule has 2 N–H and O–H groups in total. The van der Waals surface area contributed by atoms with E-state index in [-0.39, 0.29) is 30.1 Å². The Morgan fingerprint density at radius 3 is 2.58 bits per heavy atom. The number of benzene rings is 1. The zero-order valence-corrected chi connectivity index (χ0v) is 14.3. The van der Waals surface area contributed by atoms with Gasteiger partial charge in [0.05, 0.1) is 18.7 Å². The number of rotatable bonds is 7. The molecule has 0 spiro atoms. The Labute approximate surface area is 151 Å². The SMILES string of the molecule is O=C(NCCNC(=O)C1CC(=O)N(Cc2ccco2)C1)c1ccccc1. The largest absolute Gasteiger partial charge is 0.467 e. The normalized spacial score (nSPS) is 16.5. The first-order valence-corrected chi connectivity index (χ1v) is 8.54. The highest BCUT2D eigenvalue weighted by Gasteiger charge is 2.34. The van der Waals surface area contributed by atoms with Gasteiger partial charge in [0.15, 0.2) is 0 Å². The summed E-state index contributed by atoms with van der Waals surface area (Å²) in [4.78, 5) is 37.8. The van der Waals surface area contributed by atoms with Crippen molar-refractivity contribution in [2.24, 2.45) is 5.92 Å². The van der Waals surface area contributed by atoms with Crippen molar-refractivity contribution >= 4 is 17.7 Å². The molecule has 1 atom stereocenters. The van der Waals surface area contributed by atoms with E-state index < -0.39 is 0 Å². The number of amides is 3. The summed E-state index contributed by atoms with van der Waals surface area (Å²) in [5.74, 6) is -0.0842. The maximum Gasteiger partial charge on any atom is 0.251 e. The minimum absolute atomic E-state index is 0.0565. The molecule has 7 heteroatoms. The van der Waals surface area contributed by atoms with Crippen LogP contribution in [0.2, 0.25) is 0 Å². The molecule has 0 bridgehead atoms. The van der Waals surface area contributed by atoms with Crippen LogP contribution in [-0.4, -0.2) is 42.3 Å². The lowest BCUT2D eigenvalue weighted by atomic mass is 10.1. The van der Waals surface area contributed by atoms with E-state index in [1.165, 1.54) is 0 Å². The molecule has 1 unspecified atom stereocenters. The van der Waals surface area contributed by atoms with E-state index >= 15 is 0 Å². The minimum Gasteiger partial charge on any atom is -0.467 e. The second kappa shape index (κ2) is 8.33. The molecule has 0 saturated carbocycles. The van der Waals surface area contributed by atoms with Crippen molar-refractivity contribution in [3.63, 3.8) is 0 Å². The van der Waals surface area contributed by atoms with Gasteiger partial charge in [-0.15, -0.1) is 0 Å². The average Bonchev–Trinajstić information content (AvgIpc) is 3.30. The molecule has 1 fully saturated rings. The summed E-state index contributed by atoms with van der Waals surface area (Å²) in [6, 6.07) is 12.5. The van der Waals surface area contributed by atoms with Gasteiger partial charge in [-0.05, 0) is 24.3 Å². The predicted octanol–water partition coefficient (Wildman–Crippen LogP) is 1.17. The Kier molecular flexibility index (Phi) is 5.68. The van der Waals surface area contributed by atoms with E-state index in [1.807, 2.05) is 6.07 Å². The number of hydrogen-bond acceptors (Lipinski definition) is 4. The molecule has 1 aliphatic heterocycles. The molecule has 3 amide bonds. The molecular formula is C19H21N3O4. The highest BCUT2D eigenvalue weighted by Crippen LogP contribution is 2.20. The molecule has 3 rings (SSSR count). The van der Waals surface area contributed by atoms with E-state index in [0.717, 1.165) is 0 Å². The molecule has 0 aliphatic carbocycles. The van der Waals surface area contributed by atoms with Crippen molar-refractivity contribution < 1.29 is 18.8 Å². The van der Waals surface area contributed by atoms with Crippen LogP contribution in [0.3, 0.4) is 0 Å². The molecule has 1 aromatic carbocycles. The fourth-order valence-corrected chi connectivity index (χ4v) is 2.89. The number of nitrogens with zero attached hydrogens (tertiary/aromatic N) is 1. The fourth-order valence-electron chi connectivity index (χ4n) is 2.89. The van der Waals surface area contributed by atoms with Gasteiger partial charge in [-0.1, -0.05) is 18.2 Å². The minimum atomic E-state index is -0.373. The van der Waals surface area contributed by atoms with Crippen LogP contribution in [0.1, 0.15) is 22.5 Å². The van der Waals surface area contributed by atoms with Crippen LogP contribution < -0.4 is 10.6 Å². The second-order valence-corrected chi connectivity index (χ2v) is 6.17. The van der Waals surface area contributed by atoms with E-state index in [2.05, 4.69) is 10.6 Å². The summed E-state index contributed by atoms with van der Waals surface area (Å²) in [7, 11) is 0. The Hall–Kier alpha value is -3.09. The van der Waals surface area contributed by atoms with Gasteiger partial charge in [-0.25, -0.2) is 0 Å². The van der Waals surface area contributed by atoms with Gasteiger partial charge in [0.1, 0.15) is 5.76 Å². The molecule has 2 aromatic rings. The van der Waals surface area contributed by atoms with Crippen LogP contribution in [0.15, 0.2) is 53.1 Å². The summed E-state index contributed by atoms with van der Waals surface area (Å²) in [5, 5.41) is 5.52. The van der Waals surface area contributed by atoms with Gasteiger partial charge in [0.2, 0.25) is 11.8 Å². The standard InChI is InChI=1S/C19H21N3O4/c23-17-11-15(12-22(17)13-16-7-4-10-26-16)19(25)21-9-8-20-18(24)14-5-2-1-3-6-14/h1-7,10,15H,8-9,11-13H2,(H,20,24)(H,21,25). The molecule has 1 saturated heterocycles. The highest BCUT2D eigenvalue weighted by molar-refractivity contribution is 5.94. The van der Waals surface area contributed by atoms with Crippen molar-refractivity contribution in [3.05, 3.63) is 60.1 Å². The number of carbonyl (C=O) groups excluding carboxylic acids is 3. The molecule has 1 aromatic heterocycles. The van der Waals surface area contributed by atoms with Gasteiger partial charge in [0.25, 0.3) is 5.91 Å². The molecule has 0 radical (unpaired) electrons. The molecule has 7 nitrogen and oxygen atoms in total. The van der Waals surface area contributed by atoms with Crippen LogP contribution in [-0.2, 0) is 16.1 Å². The maximum absolute atomic E-state index is 12.2. The molecule has 2 heterocycles. The number of likely N-dealkylation sites (tertiary alicyclic amines) is 1. The lowest BCUT2D eigenvalue weighted by Gasteiger charge is -2.15. The number of carbonyl (C=O) groups is 3. The molecule has 136 valence electrons. The smallest absolute Gasteiger partial charge is 0.251 e. The zero-order chi connectivity index (χ0) is 18.4. The lowest BCUT2D eigenvalue weighted by Crippen LogP contribution is -2.38. The van der Waals surface area contributed by atoms with E-state index in [4.69, 9.17) is 4.42 Å². The van der Waals surface area contributed by atoms with Crippen LogP contribution in [0, 0.1) is 5.92 Å². The Morgan fingerprint density at radius 1 is 1.08 bits per heavy atom. The average molecular weight is 355 g/mol. The van der Waals surface area contributed by atoms with E-state index in [1.54, 1.807) is 47.6 Å². The topological polar surface area (TPSA) is 91.7 Å². The first kappa shape index (κ1) is 17.7. The van der Waals surface area contributed by atoms with Crippen LogP contribution >= 0.6 is 0 Å². The third kappa shape index (κ3) is 4.50. The maximum atomic E-state index is 12.2. The lowest BCUT2D eigenvalue weighted by molar-refractivity contribution is -0.129. The summed E-state index contributed by atoms with van der Waals surface area (Å²) < 4.78 is 5.24. The van der Waals surface area contributed by atoms with Gasteiger partial charge >= 0.3 is 0 Å². The zero-order valence-electron chi connectivity index (χ0n) is 14.3. The van der Waals surface area contributed by atoms with Gasteiger partial charge in [-0.2, -0.15) is 0 Å². The fraction of sp³-hybridized carbons (Fsp3) is 0.316. The predicted molar refractivity (Wildman–Crippen MR) is 94.0 cm³/mol. The van der Waals surface area contributed by atoms with Crippen LogP contribution in [0.5, 0.6) is 0 Å². The Morgan fingerprint density at radius 2 is 1.85 bits per heavy atom. The van der Waals surface area contributed by atoms with Crippen molar-refractivity contribution in [1.29, 1.82) is 0 Å². The van der Waals surface area contributed by atoms with Crippen LogP contribution in [0.25, 0.3) is 0 Å². The van der Waals surface area contributed by atoms with Crippen molar-refractivity contribution in [1.82, 2.24) is 15.5 Å². The number of hydrogen-bond donors (Lipinski definition) is 2. The second-order valence-electron chi connectivity index (χ2n) is 6.17. The van der Waals surface area contributed by atoms with Crippen molar-refractivity contribution in [2.75, 3.05) is 19.6 Å². The quantitative estimate of drug-likeness (QED) is 0.730.